The maximum absolute atomic E-state index is 13.6. The first-order valence-electron chi connectivity index (χ1n) is 6.04. The van der Waals surface area contributed by atoms with Crippen LogP contribution in [0.2, 0.25) is 0 Å². The summed E-state index contributed by atoms with van der Waals surface area (Å²) in [6.45, 7) is -0.0136. The summed E-state index contributed by atoms with van der Waals surface area (Å²) in [6, 6.07) is 4.16. The Bertz CT molecular complexity index is 533. The number of hydrogen-bond acceptors (Lipinski definition) is 3. The standard InChI is InChI=1S/C13H15FN2O5/c1-8(9-4-2-3-5-10(9)14)15-13(21)16(6-11(17)18)7-12(19)20/h2-5,8H,6-7H2,1H3,(H,15,21)(H,17,18)(H,19,20). The van der Waals surface area contributed by atoms with Gasteiger partial charge in [0.05, 0.1) is 6.04 Å². The van der Waals surface area contributed by atoms with E-state index in [2.05, 4.69) is 5.32 Å². The largest absolute Gasteiger partial charge is 0.480 e. The van der Waals surface area contributed by atoms with Gasteiger partial charge in [-0.1, -0.05) is 18.2 Å². The minimum absolute atomic E-state index is 0.219. The van der Waals surface area contributed by atoms with Crippen LogP contribution in [0.25, 0.3) is 0 Å². The quantitative estimate of drug-likeness (QED) is 0.728. The molecule has 0 heterocycles. The smallest absolute Gasteiger partial charge is 0.323 e. The molecule has 2 amide bonds. The Labute approximate surface area is 120 Å². The maximum Gasteiger partial charge on any atom is 0.323 e. The van der Waals surface area contributed by atoms with Gasteiger partial charge in [-0.05, 0) is 13.0 Å². The molecule has 3 N–H and O–H groups in total. The Balaban J connectivity index is 2.78. The first-order valence-corrected chi connectivity index (χ1v) is 6.04. The second kappa shape index (κ2) is 7.22. The second-order valence-corrected chi connectivity index (χ2v) is 4.34. The highest BCUT2D eigenvalue weighted by atomic mass is 19.1. The molecule has 8 heteroatoms. The zero-order chi connectivity index (χ0) is 16.0. The lowest BCUT2D eigenvalue weighted by Crippen LogP contribution is -2.46. The van der Waals surface area contributed by atoms with Crippen molar-refractivity contribution in [3.05, 3.63) is 35.6 Å². The number of nitrogens with zero attached hydrogens (tertiary/aromatic N) is 1. The molecule has 0 aromatic heterocycles. The average Bonchev–Trinajstić information content (AvgIpc) is 2.37. The average molecular weight is 298 g/mol. The number of carbonyl (C=O) groups excluding carboxylic acids is 1. The number of amides is 2. The SMILES string of the molecule is CC(NC(=O)N(CC(=O)O)CC(=O)O)c1ccccc1F. The van der Waals surface area contributed by atoms with E-state index in [1.807, 2.05) is 0 Å². The van der Waals surface area contributed by atoms with Crippen molar-refractivity contribution in [3.8, 4) is 0 Å². The molecule has 0 aliphatic rings. The molecule has 1 atom stereocenters. The number of carboxylic acid groups (broad SMARTS) is 2. The molecular formula is C13H15FN2O5. The van der Waals surface area contributed by atoms with Crippen LogP contribution in [-0.4, -0.2) is 46.2 Å². The zero-order valence-electron chi connectivity index (χ0n) is 11.2. The van der Waals surface area contributed by atoms with Gasteiger partial charge in [-0.25, -0.2) is 9.18 Å². The van der Waals surface area contributed by atoms with Crippen molar-refractivity contribution >= 4 is 18.0 Å². The van der Waals surface area contributed by atoms with E-state index in [-0.39, 0.29) is 5.56 Å². The van der Waals surface area contributed by atoms with Crippen LogP contribution in [0.1, 0.15) is 18.5 Å². The Kier molecular flexibility index (Phi) is 5.65. The number of carbonyl (C=O) groups is 3. The van der Waals surface area contributed by atoms with Crippen molar-refractivity contribution in [3.63, 3.8) is 0 Å². The molecule has 7 nitrogen and oxygen atoms in total. The third-order valence-corrected chi connectivity index (χ3v) is 2.65. The number of aliphatic carboxylic acids is 2. The highest BCUT2D eigenvalue weighted by Crippen LogP contribution is 2.16. The van der Waals surface area contributed by atoms with Crippen molar-refractivity contribution < 1.29 is 29.0 Å². The molecule has 114 valence electrons. The van der Waals surface area contributed by atoms with Crippen LogP contribution in [0.5, 0.6) is 0 Å². The van der Waals surface area contributed by atoms with Crippen LogP contribution in [0, 0.1) is 5.82 Å². The predicted molar refractivity (Wildman–Crippen MR) is 70.2 cm³/mol. The predicted octanol–water partition coefficient (Wildman–Crippen LogP) is 1.07. The fourth-order valence-electron chi connectivity index (χ4n) is 1.71. The van der Waals surface area contributed by atoms with Gasteiger partial charge in [-0.2, -0.15) is 0 Å². The lowest BCUT2D eigenvalue weighted by molar-refractivity contribution is -0.140. The number of urea groups is 1. The molecule has 1 aromatic carbocycles. The van der Waals surface area contributed by atoms with Gasteiger partial charge in [-0.15, -0.1) is 0 Å². The van der Waals surface area contributed by atoms with Crippen LogP contribution in [0.4, 0.5) is 9.18 Å². The molecule has 0 saturated heterocycles. The summed E-state index contributed by atoms with van der Waals surface area (Å²) in [5.74, 6) is -3.21. The van der Waals surface area contributed by atoms with Gasteiger partial charge in [0.15, 0.2) is 0 Å². The second-order valence-electron chi connectivity index (χ2n) is 4.34. The normalized spacial score (nSPS) is 11.5. The number of carboxylic acids is 2. The summed E-state index contributed by atoms with van der Waals surface area (Å²) in [5.41, 5.74) is 0.219. The molecule has 0 aliphatic heterocycles. The minimum Gasteiger partial charge on any atom is -0.480 e. The van der Waals surface area contributed by atoms with Gasteiger partial charge in [0.1, 0.15) is 18.9 Å². The van der Waals surface area contributed by atoms with E-state index in [9.17, 15) is 18.8 Å². The first-order chi connectivity index (χ1) is 9.81. The molecular weight excluding hydrogens is 283 g/mol. The molecule has 1 rings (SSSR count). The van der Waals surface area contributed by atoms with Crippen LogP contribution in [0.3, 0.4) is 0 Å². The van der Waals surface area contributed by atoms with Crippen LogP contribution in [-0.2, 0) is 9.59 Å². The van der Waals surface area contributed by atoms with Crippen LogP contribution in [0.15, 0.2) is 24.3 Å². The molecule has 0 bridgehead atoms. The summed E-state index contributed by atoms with van der Waals surface area (Å²) >= 11 is 0. The highest BCUT2D eigenvalue weighted by Gasteiger charge is 2.22. The van der Waals surface area contributed by atoms with Crippen molar-refractivity contribution in [2.45, 2.75) is 13.0 Å². The van der Waals surface area contributed by atoms with Crippen molar-refractivity contribution in [2.24, 2.45) is 0 Å². The Morgan fingerprint density at radius 3 is 2.19 bits per heavy atom. The third kappa shape index (κ3) is 5.09. The van der Waals surface area contributed by atoms with Gasteiger partial charge in [0.25, 0.3) is 0 Å². The fraction of sp³-hybridized carbons (Fsp3) is 0.308. The van der Waals surface area contributed by atoms with Gasteiger partial charge >= 0.3 is 18.0 Å². The summed E-state index contributed by atoms with van der Waals surface area (Å²) in [6.07, 6.45) is 0. The summed E-state index contributed by atoms with van der Waals surface area (Å²) < 4.78 is 13.6. The van der Waals surface area contributed by atoms with E-state index in [4.69, 9.17) is 10.2 Å². The molecule has 1 aromatic rings. The van der Waals surface area contributed by atoms with Crippen molar-refractivity contribution in [1.29, 1.82) is 0 Å². The van der Waals surface area contributed by atoms with Crippen molar-refractivity contribution in [2.75, 3.05) is 13.1 Å². The van der Waals surface area contributed by atoms with E-state index in [0.29, 0.717) is 4.90 Å². The van der Waals surface area contributed by atoms with Gasteiger partial charge in [0, 0.05) is 5.56 Å². The van der Waals surface area contributed by atoms with Crippen LogP contribution < -0.4 is 5.32 Å². The molecule has 0 spiro atoms. The van der Waals surface area contributed by atoms with Gasteiger partial charge in [-0.3, -0.25) is 9.59 Å². The topological polar surface area (TPSA) is 107 Å². The highest BCUT2D eigenvalue weighted by molar-refractivity contribution is 5.84. The fourth-order valence-corrected chi connectivity index (χ4v) is 1.71. The zero-order valence-corrected chi connectivity index (χ0v) is 11.2. The summed E-state index contributed by atoms with van der Waals surface area (Å²) in [7, 11) is 0. The third-order valence-electron chi connectivity index (χ3n) is 2.65. The number of benzene rings is 1. The lowest BCUT2D eigenvalue weighted by atomic mass is 10.1. The number of hydrogen-bond donors (Lipinski definition) is 3. The summed E-state index contributed by atoms with van der Waals surface area (Å²) in [5, 5.41) is 19.7. The molecule has 0 aliphatic carbocycles. The van der Waals surface area contributed by atoms with Crippen LogP contribution >= 0.6 is 0 Å². The number of nitrogens with one attached hydrogen (secondary N) is 1. The summed E-state index contributed by atoms with van der Waals surface area (Å²) in [4.78, 5) is 33.7. The van der Waals surface area contributed by atoms with Crippen molar-refractivity contribution in [1.82, 2.24) is 10.2 Å². The minimum atomic E-state index is -1.34. The Morgan fingerprint density at radius 2 is 1.71 bits per heavy atom. The Morgan fingerprint density at radius 1 is 1.19 bits per heavy atom. The molecule has 0 radical (unpaired) electrons. The van der Waals surface area contributed by atoms with E-state index >= 15 is 0 Å². The van der Waals surface area contributed by atoms with E-state index in [0.717, 1.165) is 0 Å². The molecule has 0 saturated carbocycles. The Hall–Kier alpha value is -2.64. The molecule has 1 unspecified atom stereocenters. The first kappa shape index (κ1) is 16.4. The van der Waals surface area contributed by atoms with Gasteiger partial charge < -0.3 is 20.4 Å². The molecule has 0 fully saturated rings. The van der Waals surface area contributed by atoms with Gasteiger partial charge in [0.2, 0.25) is 0 Å². The van der Waals surface area contributed by atoms with E-state index in [1.54, 1.807) is 6.07 Å². The van der Waals surface area contributed by atoms with E-state index < -0.39 is 42.9 Å². The monoisotopic (exact) mass is 298 g/mol. The van der Waals surface area contributed by atoms with E-state index in [1.165, 1.54) is 25.1 Å². The molecule has 21 heavy (non-hydrogen) atoms. The lowest BCUT2D eigenvalue weighted by Gasteiger charge is -2.22. The number of halogens is 1. The number of rotatable bonds is 6. The maximum atomic E-state index is 13.6.